The van der Waals surface area contributed by atoms with Crippen molar-refractivity contribution in [2.24, 2.45) is 5.92 Å². The number of hydrogen-bond acceptors (Lipinski definition) is 12. The third-order valence-electron chi connectivity index (χ3n) is 5.66. The molecule has 0 saturated carbocycles. The van der Waals surface area contributed by atoms with Gasteiger partial charge in [-0.3, -0.25) is 33.7 Å². The Hall–Kier alpha value is -3.28. The summed E-state index contributed by atoms with van der Waals surface area (Å²) in [7, 11) is 0. The molecule has 43 heavy (non-hydrogen) atoms. The van der Waals surface area contributed by atoms with Crippen LogP contribution < -0.4 is 5.32 Å². The van der Waals surface area contributed by atoms with Crippen molar-refractivity contribution in [2.45, 2.75) is 25.7 Å². The van der Waals surface area contributed by atoms with Gasteiger partial charge in [0.05, 0.1) is 91.6 Å². The molecular formula is C27H42N2O14. The van der Waals surface area contributed by atoms with Crippen molar-refractivity contribution in [3.8, 4) is 0 Å². The highest BCUT2D eigenvalue weighted by molar-refractivity contribution is 6.13. The minimum Gasteiger partial charge on any atom is -0.481 e. The second kappa shape index (κ2) is 24.2. The van der Waals surface area contributed by atoms with E-state index in [0.717, 1.165) is 4.90 Å². The summed E-state index contributed by atoms with van der Waals surface area (Å²) in [5.74, 6) is -5.28. The molecule has 1 aliphatic rings. The summed E-state index contributed by atoms with van der Waals surface area (Å²) in [4.78, 5) is 69.0. The van der Waals surface area contributed by atoms with E-state index in [2.05, 4.69) is 5.32 Å². The van der Waals surface area contributed by atoms with Gasteiger partial charge in [-0.2, -0.15) is 0 Å². The number of carbonyl (C=O) groups excluding carboxylic acids is 4. The van der Waals surface area contributed by atoms with Crippen LogP contribution in [-0.2, 0) is 57.2 Å². The average Bonchev–Trinajstić information content (AvgIpc) is 3.28. The molecule has 0 radical (unpaired) electrons. The number of carbonyl (C=O) groups is 6. The summed E-state index contributed by atoms with van der Waals surface area (Å²) in [6, 6.07) is 0. The quantitative estimate of drug-likeness (QED) is 0.0681. The van der Waals surface area contributed by atoms with Crippen LogP contribution in [0.3, 0.4) is 0 Å². The number of nitrogens with zero attached hydrogens (tertiary/aromatic N) is 1. The van der Waals surface area contributed by atoms with Crippen molar-refractivity contribution in [3.05, 3.63) is 12.2 Å². The van der Waals surface area contributed by atoms with Gasteiger partial charge in [-0.05, 0) is 0 Å². The van der Waals surface area contributed by atoms with E-state index in [1.165, 1.54) is 12.2 Å². The Bertz CT molecular complexity index is 892. The number of Topliss-reactive ketones (excluding diaryl/α,β-unsaturated/α-hetero) is 1. The van der Waals surface area contributed by atoms with E-state index in [1.807, 2.05) is 0 Å². The lowest BCUT2D eigenvalue weighted by Gasteiger charge is -2.13. The molecule has 16 nitrogen and oxygen atoms in total. The van der Waals surface area contributed by atoms with E-state index in [9.17, 15) is 28.8 Å². The minimum absolute atomic E-state index is 0.00230. The summed E-state index contributed by atoms with van der Waals surface area (Å²) in [5, 5.41) is 20.3. The topological polar surface area (TPSA) is 214 Å². The average molecular weight is 619 g/mol. The van der Waals surface area contributed by atoms with Crippen molar-refractivity contribution >= 4 is 35.4 Å². The molecule has 0 aliphatic carbocycles. The van der Waals surface area contributed by atoms with Crippen LogP contribution in [-0.4, -0.2) is 143 Å². The van der Waals surface area contributed by atoms with Gasteiger partial charge in [0, 0.05) is 44.5 Å². The molecule has 0 fully saturated rings. The van der Waals surface area contributed by atoms with Crippen LogP contribution in [0.15, 0.2) is 12.2 Å². The van der Waals surface area contributed by atoms with E-state index in [0.29, 0.717) is 72.6 Å². The number of carboxylic acids is 2. The Morgan fingerprint density at radius 1 is 0.651 bits per heavy atom. The zero-order valence-electron chi connectivity index (χ0n) is 24.2. The Morgan fingerprint density at radius 2 is 1.09 bits per heavy atom. The maximum absolute atomic E-state index is 11.8. The van der Waals surface area contributed by atoms with Gasteiger partial charge in [0.25, 0.3) is 11.8 Å². The maximum atomic E-state index is 11.8. The van der Waals surface area contributed by atoms with E-state index in [1.54, 1.807) is 0 Å². The molecule has 0 spiro atoms. The van der Waals surface area contributed by atoms with E-state index < -0.39 is 36.1 Å². The first kappa shape index (κ1) is 37.7. The minimum atomic E-state index is -1.31. The lowest BCUT2D eigenvalue weighted by molar-refractivity contribution is -0.149. The highest BCUT2D eigenvalue weighted by Crippen LogP contribution is 2.11. The molecule has 1 aliphatic heterocycles. The molecule has 1 heterocycles. The SMILES string of the molecule is O=C(O)CC(CC(=O)CCOCCOCCOCCOCCOCCOCCNC(=O)CCN1C(=O)C=CC1=O)C(=O)O. The van der Waals surface area contributed by atoms with Crippen molar-refractivity contribution < 1.29 is 67.4 Å². The highest BCUT2D eigenvalue weighted by atomic mass is 16.6. The first-order valence-electron chi connectivity index (χ1n) is 13.9. The van der Waals surface area contributed by atoms with Gasteiger partial charge in [0.15, 0.2) is 0 Å². The largest absolute Gasteiger partial charge is 0.481 e. The molecule has 0 aromatic heterocycles. The van der Waals surface area contributed by atoms with Crippen LogP contribution >= 0.6 is 0 Å². The van der Waals surface area contributed by atoms with E-state index in [4.69, 9.17) is 38.6 Å². The van der Waals surface area contributed by atoms with E-state index >= 15 is 0 Å². The number of ether oxygens (including phenoxy) is 6. The van der Waals surface area contributed by atoms with Gasteiger partial charge in [-0.15, -0.1) is 0 Å². The third-order valence-corrected chi connectivity index (χ3v) is 5.66. The predicted molar refractivity (Wildman–Crippen MR) is 146 cm³/mol. The summed E-state index contributed by atoms with van der Waals surface area (Å²) >= 11 is 0. The number of amides is 3. The van der Waals surface area contributed by atoms with Crippen molar-refractivity contribution in [1.29, 1.82) is 0 Å². The van der Waals surface area contributed by atoms with Crippen LogP contribution in [0.25, 0.3) is 0 Å². The van der Waals surface area contributed by atoms with Crippen molar-refractivity contribution in [3.63, 3.8) is 0 Å². The molecule has 244 valence electrons. The molecule has 1 unspecified atom stereocenters. The zero-order valence-corrected chi connectivity index (χ0v) is 24.2. The Morgan fingerprint density at radius 3 is 1.53 bits per heavy atom. The molecular weight excluding hydrogens is 576 g/mol. The fourth-order valence-electron chi connectivity index (χ4n) is 3.44. The summed E-state index contributed by atoms with van der Waals surface area (Å²) in [6.45, 7) is 4.29. The summed E-state index contributed by atoms with van der Waals surface area (Å²) in [6.07, 6.45) is 1.45. The number of ketones is 1. The van der Waals surface area contributed by atoms with Gasteiger partial charge < -0.3 is 44.0 Å². The fourth-order valence-corrected chi connectivity index (χ4v) is 3.44. The molecule has 1 atom stereocenters. The number of carboxylic acid groups (broad SMARTS) is 2. The monoisotopic (exact) mass is 618 g/mol. The van der Waals surface area contributed by atoms with Gasteiger partial charge in [0.1, 0.15) is 5.78 Å². The van der Waals surface area contributed by atoms with Crippen molar-refractivity contribution in [2.75, 3.05) is 92.4 Å². The highest BCUT2D eigenvalue weighted by Gasteiger charge is 2.24. The fraction of sp³-hybridized carbons (Fsp3) is 0.704. The first-order valence-corrected chi connectivity index (χ1v) is 13.9. The van der Waals surface area contributed by atoms with Gasteiger partial charge in [-0.25, -0.2) is 0 Å². The lowest BCUT2D eigenvalue weighted by Crippen LogP contribution is -2.35. The van der Waals surface area contributed by atoms with Crippen LogP contribution in [0.1, 0.15) is 25.7 Å². The Kier molecular flexibility index (Phi) is 21.2. The van der Waals surface area contributed by atoms with Gasteiger partial charge >= 0.3 is 11.9 Å². The third kappa shape index (κ3) is 20.3. The standard InChI is InChI=1S/C27H42N2O14/c30-22(19-21(27(36)37)20-26(34)35)4-7-38-9-11-40-13-15-42-17-18-43-16-14-41-12-10-39-8-5-28-23(31)3-6-29-24(32)1-2-25(29)33/h1-2,21H,3-20H2,(H,28,31)(H,34,35)(H,36,37). The number of rotatable bonds is 29. The second-order valence-electron chi connectivity index (χ2n) is 9.06. The van der Waals surface area contributed by atoms with Crippen LogP contribution in [0.4, 0.5) is 0 Å². The number of hydrogen-bond donors (Lipinski definition) is 3. The van der Waals surface area contributed by atoms with Crippen LogP contribution in [0.2, 0.25) is 0 Å². The van der Waals surface area contributed by atoms with Gasteiger partial charge in [0.2, 0.25) is 5.91 Å². The zero-order chi connectivity index (χ0) is 31.7. The Balaban J connectivity index is 1.77. The number of imide groups is 1. The second-order valence-corrected chi connectivity index (χ2v) is 9.06. The molecule has 3 amide bonds. The molecule has 1 rings (SSSR count). The molecule has 3 N–H and O–H groups in total. The number of nitrogens with one attached hydrogen (secondary N) is 1. The number of aliphatic carboxylic acids is 2. The van der Waals surface area contributed by atoms with Crippen LogP contribution in [0, 0.1) is 5.92 Å². The van der Waals surface area contributed by atoms with Crippen LogP contribution in [0.5, 0.6) is 0 Å². The molecule has 16 heteroatoms. The normalized spacial score (nSPS) is 13.4. The summed E-state index contributed by atoms with van der Waals surface area (Å²) < 4.78 is 32.1. The first-order chi connectivity index (χ1) is 20.7. The van der Waals surface area contributed by atoms with Gasteiger partial charge in [-0.1, -0.05) is 0 Å². The molecule has 0 aromatic carbocycles. The molecule has 0 aromatic rings. The van der Waals surface area contributed by atoms with E-state index in [-0.39, 0.29) is 50.7 Å². The summed E-state index contributed by atoms with van der Waals surface area (Å²) in [5.41, 5.74) is 0. The predicted octanol–water partition coefficient (Wildman–Crippen LogP) is -0.958. The smallest absolute Gasteiger partial charge is 0.307 e. The molecule has 0 bridgehead atoms. The van der Waals surface area contributed by atoms with Crippen molar-refractivity contribution in [1.82, 2.24) is 10.2 Å². The molecule has 0 saturated heterocycles. The lowest BCUT2D eigenvalue weighted by atomic mass is 9.98. The Labute approximate surface area is 249 Å². The maximum Gasteiger partial charge on any atom is 0.307 e.